The highest BCUT2D eigenvalue weighted by atomic mass is 32.2. The van der Waals surface area contributed by atoms with Crippen molar-refractivity contribution in [2.45, 2.75) is 11.8 Å². The topological polar surface area (TPSA) is 115 Å². The fourth-order valence-electron chi connectivity index (χ4n) is 3.49. The number of benzene rings is 2. The molecule has 0 unspecified atom stereocenters. The number of nitrogens with two attached hydrogens (primary N) is 1. The summed E-state index contributed by atoms with van der Waals surface area (Å²) in [6, 6.07) is 6.97. The van der Waals surface area contributed by atoms with E-state index in [-0.39, 0.29) is 40.8 Å². The number of hydrogen-bond acceptors (Lipinski definition) is 7. The van der Waals surface area contributed by atoms with Crippen LogP contribution in [0.2, 0.25) is 0 Å². The van der Waals surface area contributed by atoms with Gasteiger partial charge in [0.05, 0.1) is 30.0 Å². The highest BCUT2D eigenvalue weighted by molar-refractivity contribution is 7.89. The van der Waals surface area contributed by atoms with E-state index in [0.29, 0.717) is 30.4 Å². The van der Waals surface area contributed by atoms with E-state index in [1.807, 2.05) is 0 Å². The van der Waals surface area contributed by atoms with Gasteiger partial charge in [-0.3, -0.25) is 4.79 Å². The summed E-state index contributed by atoms with van der Waals surface area (Å²) < 4.78 is 59.8. The number of nitrogens with zero attached hydrogens (tertiary/aromatic N) is 3. The third-order valence-corrected chi connectivity index (χ3v) is 7.13. The molecule has 4 rings (SSSR count). The van der Waals surface area contributed by atoms with Crippen LogP contribution in [0.5, 0.6) is 0 Å². The average Bonchev–Trinajstić information content (AvgIpc) is 2.79. The maximum atomic E-state index is 13.6. The second kappa shape index (κ2) is 8.93. The molecule has 0 aliphatic carbocycles. The Morgan fingerprint density at radius 2 is 1.76 bits per heavy atom. The van der Waals surface area contributed by atoms with E-state index >= 15 is 0 Å². The molecule has 0 atom stereocenters. The lowest BCUT2D eigenvalue weighted by atomic mass is 10.0. The van der Waals surface area contributed by atoms with E-state index in [1.54, 1.807) is 13.0 Å². The summed E-state index contributed by atoms with van der Waals surface area (Å²) >= 11 is 0. The minimum atomic E-state index is -3.77. The van der Waals surface area contributed by atoms with E-state index < -0.39 is 27.4 Å². The fourth-order valence-corrected chi connectivity index (χ4v) is 4.93. The van der Waals surface area contributed by atoms with Crippen molar-refractivity contribution in [3.63, 3.8) is 0 Å². The van der Waals surface area contributed by atoms with Crippen molar-refractivity contribution in [1.82, 2.24) is 14.3 Å². The first-order valence-corrected chi connectivity index (χ1v) is 11.4. The summed E-state index contributed by atoms with van der Waals surface area (Å²) in [5, 5.41) is 0. The zero-order chi connectivity index (χ0) is 23.8. The van der Waals surface area contributed by atoms with Crippen molar-refractivity contribution in [1.29, 1.82) is 0 Å². The summed E-state index contributed by atoms with van der Waals surface area (Å²) in [4.78, 5) is 21.2. The standard InChI is InChI=1S/C22H20F2N4O4S/c1-13-2-3-17(33(30,31)28-4-6-32-7-5-28)11-18(13)19-12-26-22(25)20(27-19)21(29)14-8-15(23)10-16(24)9-14/h2-3,8-12H,4-7H2,1H3,(H2,25,26). The molecule has 1 aliphatic heterocycles. The summed E-state index contributed by atoms with van der Waals surface area (Å²) in [6.07, 6.45) is 1.31. The number of sulfonamides is 1. The first-order chi connectivity index (χ1) is 15.7. The molecule has 172 valence electrons. The van der Waals surface area contributed by atoms with Gasteiger partial charge in [-0.25, -0.2) is 27.2 Å². The molecule has 0 bridgehead atoms. The number of morpholine rings is 1. The smallest absolute Gasteiger partial charge is 0.243 e. The Morgan fingerprint density at radius 3 is 2.42 bits per heavy atom. The van der Waals surface area contributed by atoms with Crippen LogP contribution in [0, 0.1) is 18.6 Å². The normalized spacial score (nSPS) is 14.9. The number of anilines is 1. The number of hydrogen-bond donors (Lipinski definition) is 1. The molecular formula is C22H20F2N4O4S. The molecule has 2 aromatic carbocycles. The molecule has 0 spiro atoms. The maximum Gasteiger partial charge on any atom is 0.243 e. The van der Waals surface area contributed by atoms with Gasteiger partial charge < -0.3 is 10.5 Å². The third kappa shape index (κ3) is 4.61. The monoisotopic (exact) mass is 474 g/mol. The Labute approximate surface area is 189 Å². The van der Waals surface area contributed by atoms with Crippen LogP contribution in [-0.4, -0.2) is 54.8 Å². The zero-order valence-electron chi connectivity index (χ0n) is 17.6. The van der Waals surface area contributed by atoms with Gasteiger partial charge in [-0.2, -0.15) is 4.31 Å². The summed E-state index contributed by atoms with van der Waals surface area (Å²) in [6.45, 7) is 2.87. The van der Waals surface area contributed by atoms with Gasteiger partial charge >= 0.3 is 0 Å². The van der Waals surface area contributed by atoms with Gasteiger partial charge in [0.25, 0.3) is 0 Å². The van der Waals surface area contributed by atoms with Gasteiger partial charge in [0.1, 0.15) is 11.6 Å². The quantitative estimate of drug-likeness (QED) is 0.565. The summed E-state index contributed by atoms with van der Waals surface area (Å²) in [5.41, 5.74) is 6.56. The predicted molar refractivity (Wildman–Crippen MR) is 116 cm³/mol. The lowest BCUT2D eigenvalue weighted by Crippen LogP contribution is -2.40. The second-order valence-corrected chi connectivity index (χ2v) is 9.41. The molecule has 11 heteroatoms. The average molecular weight is 474 g/mol. The molecule has 0 radical (unpaired) electrons. The number of aromatic nitrogens is 2. The number of ether oxygens (including phenoxy) is 1. The highest BCUT2D eigenvalue weighted by Crippen LogP contribution is 2.28. The van der Waals surface area contributed by atoms with E-state index in [2.05, 4.69) is 9.97 Å². The van der Waals surface area contributed by atoms with Crippen molar-refractivity contribution >= 4 is 21.6 Å². The highest BCUT2D eigenvalue weighted by Gasteiger charge is 2.27. The number of aryl methyl sites for hydroxylation is 1. The van der Waals surface area contributed by atoms with Crippen LogP contribution >= 0.6 is 0 Å². The lowest BCUT2D eigenvalue weighted by Gasteiger charge is -2.26. The van der Waals surface area contributed by atoms with E-state index in [0.717, 1.165) is 12.1 Å². The molecule has 3 aromatic rings. The van der Waals surface area contributed by atoms with Crippen LogP contribution in [0.15, 0.2) is 47.5 Å². The molecule has 2 heterocycles. The summed E-state index contributed by atoms with van der Waals surface area (Å²) in [5.74, 6) is -2.87. The fraction of sp³-hybridized carbons (Fsp3) is 0.227. The van der Waals surface area contributed by atoms with Crippen molar-refractivity contribution in [2.24, 2.45) is 0 Å². The van der Waals surface area contributed by atoms with E-state index in [4.69, 9.17) is 10.5 Å². The lowest BCUT2D eigenvalue weighted by molar-refractivity contribution is 0.0730. The van der Waals surface area contributed by atoms with Crippen LogP contribution in [0.3, 0.4) is 0 Å². The Kier molecular flexibility index (Phi) is 6.19. The first kappa shape index (κ1) is 22.9. The van der Waals surface area contributed by atoms with Gasteiger partial charge in [0.2, 0.25) is 15.8 Å². The number of carbonyl (C=O) groups is 1. The number of ketones is 1. The Hall–Kier alpha value is -3.28. The Bertz CT molecular complexity index is 1320. The Balaban J connectivity index is 1.75. The summed E-state index contributed by atoms with van der Waals surface area (Å²) in [7, 11) is -3.77. The van der Waals surface area contributed by atoms with Crippen LogP contribution in [0.4, 0.5) is 14.6 Å². The van der Waals surface area contributed by atoms with Gasteiger partial charge in [0, 0.05) is 30.3 Å². The molecule has 1 aromatic heterocycles. The zero-order valence-corrected chi connectivity index (χ0v) is 18.4. The minimum absolute atomic E-state index is 0.0590. The minimum Gasteiger partial charge on any atom is -0.382 e. The molecule has 0 saturated carbocycles. The molecule has 8 nitrogen and oxygen atoms in total. The predicted octanol–water partition coefficient (Wildman–Crippen LogP) is 2.56. The number of rotatable bonds is 5. The molecule has 1 saturated heterocycles. The Morgan fingerprint density at radius 1 is 1.09 bits per heavy atom. The number of nitrogen functional groups attached to an aromatic ring is 1. The first-order valence-electron chi connectivity index (χ1n) is 9.99. The van der Waals surface area contributed by atoms with Gasteiger partial charge in [-0.05, 0) is 36.8 Å². The van der Waals surface area contributed by atoms with Crippen molar-refractivity contribution < 1.29 is 26.7 Å². The van der Waals surface area contributed by atoms with E-state index in [1.165, 1.54) is 22.6 Å². The number of halogens is 2. The largest absolute Gasteiger partial charge is 0.382 e. The van der Waals surface area contributed by atoms with Crippen LogP contribution in [0.25, 0.3) is 11.3 Å². The van der Waals surface area contributed by atoms with Crippen LogP contribution in [-0.2, 0) is 14.8 Å². The maximum absolute atomic E-state index is 13.6. The molecule has 1 aliphatic rings. The van der Waals surface area contributed by atoms with Crippen molar-refractivity contribution in [2.75, 3.05) is 32.0 Å². The molecule has 1 fully saturated rings. The number of carbonyl (C=O) groups excluding carboxylic acids is 1. The van der Waals surface area contributed by atoms with Crippen molar-refractivity contribution in [3.05, 3.63) is 71.1 Å². The molecule has 33 heavy (non-hydrogen) atoms. The second-order valence-electron chi connectivity index (χ2n) is 7.47. The third-order valence-electron chi connectivity index (χ3n) is 5.23. The SMILES string of the molecule is Cc1ccc(S(=O)(=O)N2CCOCC2)cc1-c1cnc(N)c(C(=O)c2cc(F)cc(F)c2)n1. The van der Waals surface area contributed by atoms with Crippen LogP contribution < -0.4 is 5.73 Å². The molecule has 2 N–H and O–H groups in total. The molecule has 0 amide bonds. The molecular weight excluding hydrogens is 454 g/mol. The van der Waals surface area contributed by atoms with Gasteiger partial charge in [-0.15, -0.1) is 0 Å². The van der Waals surface area contributed by atoms with Gasteiger partial charge in [0.15, 0.2) is 11.5 Å². The van der Waals surface area contributed by atoms with E-state index in [9.17, 15) is 22.0 Å². The van der Waals surface area contributed by atoms with Gasteiger partial charge in [-0.1, -0.05) is 6.07 Å². The van der Waals surface area contributed by atoms with Crippen molar-refractivity contribution in [3.8, 4) is 11.3 Å². The van der Waals surface area contributed by atoms with Crippen LogP contribution in [0.1, 0.15) is 21.6 Å².